The van der Waals surface area contributed by atoms with Crippen molar-refractivity contribution in [3.05, 3.63) is 60.2 Å². The molecule has 0 atom stereocenters. The van der Waals surface area contributed by atoms with Gasteiger partial charge in [0, 0.05) is 49.1 Å². The van der Waals surface area contributed by atoms with Crippen LogP contribution in [0.4, 0.5) is 0 Å². The molecule has 1 amide bonds. The monoisotopic (exact) mass is 488 g/mol. The normalized spacial score (nSPS) is 19.8. The average molecular weight is 489 g/mol. The predicted octanol–water partition coefficient (Wildman–Crippen LogP) is 3.67. The number of ether oxygens (including phenoxy) is 1. The molecule has 2 aromatic carbocycles. The molecule has 0 aromatic heterocycles. The van der Waals surface area contributed by atoms with Crippen LogP contribution in [0.2, 0.25) is 0 Å². The third-order valence-electron chi connectivity index (χ3n) is 6.96. The number of nitrogens with zero attached hydrogens (tertiary/aromatic N) is 1. The summed E-state index contributed by atoms with van der Waals surface area (Å²) in [6.45, 7) is 2.70. The molecule has 4 rings (SSSR count). The lowest BCUT2D eigenvalue weighted by Gasteiger charge is -2.38. The topological polar surface area (TPSA) is 75.7 Å². The fourth-order valence-corrected chi connectivity index (χ4v) is 6.66. The molecule has 0 spiro atoms. The average Bonchev–Trinajstić information content (AvgIpc) is 2.88. The van der Waals surface area contributed by atoms with E-state index in [4.69, 9.17) is 4.74 Å². The van der Waals surface area contributed by atoms with E-state index in [1.165, 1.54) is 9.87 Å². The highest BCUT2D eigenvalue weighted by Crippen LogP contribution is 2.34. The van der Waals surface area contributed by atoms with Crippen molar-refractivity contribution in [1.29, 1.82) is 0 Å². The van der Waals surface area contributed by atoms with Crippen LogP contribution in [0.1, 0.15) is 31.2 Å². The number of benzene rings is 2. The lowest BCUT2D eigenvalue weighted by Crippen LogP contribution is -2.48. The van der Waals surface area contributed by atoms with Gasteiger partial charge in [0.1, 0.15) is 0 Å². The van der Waals surface area contributed by atoms with Crippen molar-refractivity contribution < 1.29 is 17.9 Å². The van der Waals surface area contributed by atoms with Crippen LogP contribution in [0.3, 0.4) is 0 Å². The number of hydrogen-bond acceptors (Lipinski definition) is 5. The van der Waals surface area contributed by atoms with E-state index in [1.54, 1.807) is 23.9 Å². The molecule has 178 valence electrons. The van der Waals surface area contributed by atoms with E-state index in [-0.39, 0.29) is 17.2 Å². The molecule has 6 nitrogen and oxygen atoms in total. The number of hydrogen-bond donors (Lipinski definition) is 1. The summed E-state index contributed by atoms with van der Waals surface area (Å²) < 4.78 is 33.1. The minimum Gasteiger partial charge on any atom is -0.381 e. The first-order valence-electron chi connectivity index (χ1n) is 11.5. The Morgan fingerprint density at radius 2 is 1.70 bits per heavy atom. The highest BCUT2D eigenvalue weighted by molar-refractivity contribution is 7.98. The Balaban J connectivity index is 1.35. The summed E-state index contributed by atoms with van der Waals surface area (Å²) >= 11 is 1.58. The van der Waals surface area contributed by atoms with Crippen LogP contribution in [0.25, 0.3) is 0 Å². The molecule has 2 aliphatic rings. The summed E-state index contributed by atoms with van der Waals surface area (Å²) in [6.07, 6.45) is 4.79. The molecule has 0 aliphatic carbocycles. The van der Waals surface area contributed by atoms with Crippen molar-refractivity contribution >= 4 is 27.7 Å². The summed E-state index contributed by atoms with van der Waals surface area (Å²) in [7, 11) is -3.53. The Labute approximate surface area is 201 Å². The van der Waals surface area contributed by atoms with Crippen LogP contribution >= 0.6 is 11.8 Å². The third-order valence-corrected chi connectivity index (χ3v) is 9.62. The Morgan fingerprint density at radius 3 is 2.30 bits per heavy atom. The second-order valence-corrected chi connectivity index (χ2v) is 11.6. The summed E-state index contributed by atoms with van der Waals surface area (Å²) in [5, 5.41) is 3.19. The summed E-state index contributed by atoms with van der Waals surface area (Å²) in [5.74, 6) is -0.138. The standard InChI is InChI=1S/C25H32N2O4S2/c1-32-22-7-9-23(10-8-22)33(29,30)27-15-11-20(12-16-27)24(28)26-19-25(13-17-31-18-14-25)21-5-3-2-4-6-21/h2-10,20H,11-19H2,1H3,(H,26,28). The fourth-order valence-electron chi connectivity index (χ4n) is 4.78. The van der Waals surface area contributed by atoms with Crippen molar-refractivity contribution in [2.45, 2.75) is 40.9 Å². The molecular weight excluding hydrogens is 456 g/mol. The predicted molar refractivity (Wildman–Crippen MR) is 131 cm³/mol. The Hall–Kier alpha value is -1.87. The zero-order valence-electron chi connectivity index (χ0n) is 19.0. The summed E-state index contributed by atoms with van der Waals surface area (Å²) in [4.78, 5) is 14.3. The number of sulfonamides is 1. The van der Waals surface area contributed by atoms with Crippen molar-refractivity contribution in [2.24, 2.45) is 5.92 Å². The molecule has 0 saturated carbocycles. The molecule has 2 aliphatic heterocycles. The lowest BCUT2D eigenvalue weighted by atomic mass is 9.74. The van der Waals surface area contributed by atoms with E-state index in [0.717, 1.165) is 17.7 Å². The Bertz CT molecular complexity index is 1030. The van der Waals surface area contributed by atoms with E-state index >= 15 is 0 Å². The van der Waals surface area contributed by atoms with E-state index < -0.39 is 10.0 Å². The summed E-state index contributed by atoms with van der Waals surface area (Å²) in [5.41, 5.74) is 1.13. The molecule has 2 saturated heterocycles. The van der Waals surface area contributed by atoms with Gasteiger partial charge in [0.25, 0.3) is 0 Å². The van der Waals surface area contributed by atoms with Gasteiger partial charge in [-0.05, 0) is 61.8 Å². The van der Waals surface area contributed by atoms with Crippen LogP contribution in [0, 0.1) is 5.92 Å². The van der Waals surface area contributed by atoms with Gasteiger partial charge in [-0.25, -0.2) is 8.42 Å². The first-order chi connectivity index (χ1) is 15.9. The number of carbonyl (C=O) groups is 1. The van der Waals surface area contributed by atoms with Gasteiger partial charge in [-0.3, -0.25) is 4.79 Å². The molecule has 0 unspecified atom stereocenters. The highest BCUT2D eigenvalue weighted by Gasteiger charge is 2.36. The van der Waals surface area contributed by atoms with Gasteiger partial charge in [-0.15, -0.1) is 11.8 Å². The van der Waals surface area contributed by atoms with E-state index in [2.05, 4.69) is 17.4 Å². The summed E-state index contributed by atoms with van der Waals surface area (Å²) in [6, 6.07) is 17.3. The number of thioether (sulfide) groups is 1. The van der Waals surface area contributed by atoms with Crippen LogP contribution in [0.5, 0.6) is 0 Å². The van der Waals surface area contributed by atoms with Gasteiger partial charge in [0.05, 0.1) is 4.90 Å². The molecule has 8 heteroatoms. The van der Waals surface area contributed by atoms with Crippen LogP contribution < -0.4 is 5.32 Å². The molecule has 2 fully saturated rings. The minimum absolute atomic E-state index is 0.0261. The number of nitrogens with one attached hydrogen (secondary N) is 1. The number of amides is 1. The lowest BCUT2D eigenvalue weighted by molar-refractivity contribution is -0.126. The van der Waals surface area contributed by atoms with Gasteiger partial charge in [-0.2, -0.15) is 4.31 Å². The zero-order valence-corrected chi connectivity index (χ0v) is 20.7. The first kappa shape index (κ1) is 24.3. The van der Waals surface area contributed by atoms with E-state index in [0.29, 0.717) is 50.6 Å². The van der Waals surface area contributed by atoms with E-state index in [9.17, 15) is 13.2 Å². The van der Waals surface area contributed by atoms with Crippen molar-refractivity contribution in [3.63, 3.8) is 0 Å². The van der Waals surface area contributed by atoms with Crippen molar-refractivity contribution in [3.8, 4) is 0 Å². The number of piperidine rings is 1. The van der Waals surface area contributed by atoms with Gasteiger partial charge in [-0.1, -0.05) is 30.3 Å². The Kier molecular flexibility index (Phi) is 7.79. The zero-order chi connectivity index (χ0) is 23.3. The number of carbonyl (C=O) groups excluding carboxylic acids is 1. The van der Waals surface area contributed by atoms with Crippen LogP contribution in [-0.4, -0.2) is 57.7 Å². The highest BCUT2D eigenvalue weighted by atomic mass is 32.2. The quantitative estimate of drug-likeness (QED) is 0.602. The van der Waals surface area contributed by atoms with Gasteiger partial charge in [0.2, 0.25) is 15.9 Å². The maximum Gasteiger partial charge on any atom is 0.243 e. The van der Waals surface area contributed by atoms with Gasteiger partial charge < -0.3 is 10.1 Å². The first-order valence-corrected chi connectivity index (χ1v) is 14.2. The fraction of sp³-hybridized carbons (Fsp3) is 0.480. The minimum atomic E-state index is -3.53. The maximum absolute atomic E-state index is 13.0. The second kappa shape index (κ2) is 10.6. The number of rotatable bonds is 7. The molecule has 2 aromatic rings. The largest absolute Gasteiger partial charge is 0.381 e. The van der Waals surface area contributed by atoms with Crippen molar-refractivity contribution in [1.82, 2.24) is 9.62 Å². The van der Waals surface area contributed by atoms with Crippen LogP contribution in [-0.2, 0) is 25.0 Å². The second-order valence-electron chi connectivity index (χ2n) is 8.83. The SMILES string of the molecule is CSc1ccc(S(=O)(=O)N2CCC(C(=O)NCC3(c4ccccc4)CCOCC3)CC2)cc1. The molecule has 2 heterocycles. The molecule has 0 bridgehead atoms. The van der Waals surface area contributed by atoms with Crippen LogP contribution in [0.15, 0.2) is 64.4 Å². The van der Waals surface area contributed by atoms with Crippen molar-refractivity contribution in [2.75, 3.05) is 39.1 Å². The smallest absolute Gasteiger partial charge is 0.243 e. The maximum atomic E-state index is 13.0. The molecule has 1 N–H and O–H groups in total. The van der Waals surface area contributed by atoms with Gasteiger partial charge >= 0.3 is 0 Å². The van der Waals surface area contributed by atoms with E-state index in [1.807, 2.05) is 36.6 Å². The third kappa shape index (κ3) is 5.45. The van der Waals surface area contributed by atoms with Gasteiger partial charge in [0.15, 0.2) is 0 Å². The molecule has 33 heavy (non-hydrogen) atoms. The Morgan fingerprint density at radius 1 is 1.06 bits per heavy atom. The molecule has 0 radical (unpaired) electrons. The molecular formula is C25H32N2O4S2.